The van der Waals surface area contributed by atoms with Crippen LogP contribution in [0, 0.1) is 0 Å². The van der Waals surface area contributed by atoms with Crippen LogP contribution in [0.3, 0.4) is 0 Å². The second-order valence-electron chi connectivity index (χ2n) is 3.18. The Kier molecular flexibility index (Phi) is 1.35. The van der Waals surface area contributed by atoms with Crippen LogP contribution in [0.5, 0.6) is 0 Å². The Morgan fingerprint density at radius 3 is 2.00 bits per heavy atom. The maximum atomic E-state index is 11.1. The van der Waals surface area contributed by atoms with Crippen LogP contribution in [0.1, 0.15) is 26.7 Å². The molecule has 0 bridgehead atoms. The van der Waals surface area contributed by atoms with Crippen molar-refractivity contribution in [1.82, 2.24) is 0 Å². The molecule has 0 atom stereocenters. The van der Waals surface area contributed by atoms with Crippen LogP contribution < -0.4 is 0 Å². The van der Waals surface area contributed by atoms with Gasteiger partial charge in [0.05, 0.1) is 10.5 Å². The van der Waals surface area contributed by atoms with Gasteiger partial charge in [0.15, 0.2) is 9.84 Å². The molecular formula is C6H12O2S. The first-order valence-corrected chi connectivity index (χ1v) is 4.83. The first-order chi connectivity index (χ1) is 3.96. The van der Waals surface area contributed by atoms with Crippen molar-refractivity contribution < 1.29 is 8.42 Å². The number of rotatable bonds is 0. The summed E-state index contributed by atoms with van der Waals surface area (Å²) in [5.74, 6) is 0.389. The molecule has 0 aliphatic carbocycles. The fourth-order valence-electron chi connectivity index (χ4n) is 1.12. The van der Waals surface area contributed by atoms with Crippen LogP contribution in [-0.2, 0) is 9.84 Å². The van der Waals surface area contributed by atoms with Gasteiger partial charge in [-0.2, -0.15) is 0 Å². The number of sulfone groups is 1. The fourth-order valence-corrected chi connectivity index (χ4v) is 2.65. The zero-order valence-electron chi connectivity index (χ0n) is 5.85. The zero-order valence-corrected chi connectivity index (χ0v) is 6.66. The molecule has 2 nitrogen and oxygen atoms in total. The van der Waals surface area contributed by atoms with Gasteiger partial charge in [0.25, 0.3) is 0 Å². The first kappa shape index (κ1) is 7.06. The van der Waals surface area contributed by atoms with Crippen LogP contribution in [0.15, 0.2) is 0 Å². The quantitative estimate of drug-likeness (QED) is 0.513. The van der Waals surface area contributed by atoms with E-state index < -0.39 is 14.6 Å². The molecule has 1 saturated heterocycles. The summed E-state index contributed by atoms with van der Waals surface area (Å²) in [5, 5.41) is 0. The summed E-state index contributed by atoms with van der Waals surface area (Å²) in [5.41, 5.74) is 0. The van der Waals surface area contributed by atoms with E-state index in [1.807, 2.05) is 0 Å². The van der Waals surface area contributed by atoms with Gasteiger partial charge in [-0.1, -0.05) is 0 Å². The van der Waals surface area contributed by atoms with Crippen LogP contribution >= 0.6 is 0 Å². The highest BCUT2D eigenvalue weighted by Crippen LogP contribution is 2.30. The van der Waals surface area contributed by atoms with E-state index in [-0.39, 0.29) is 0 Å². The van der Waals surface area contributed by atoms with Gasteiger partial charge in [0.2, 0.25) is 0 Å². The minimum Gasteiger partial charge on any atom is -0.228 e. The van der Waals surface area contributed by atoms with Gasteiger partial charge < -0.3 is 0 Å². The van der Waals surface area contributed by atoms with Gasteiger partial charge in [-0.3, -0.25) is 0 Å². The van der Waals surface area contributed by atoms with Crippen molar-refractivity contribution >= 4 is 9.84 Å². The molecule has 0 amide bonds. The van der Waals surface area contributed by atoms with Crippen LogP contribution in [0.2, 0.25) is 0 Å². The molecule has 0 radical (unpaired) electrons. The van der Waals surface area contributed by atoms with Crippen LogP contribution in [-0.4, -0.2) is 18.9 Å². The molecule has 0 aromatic rings. The Morgan fingerprint density at radius 1 is 1.33 bits per heavy atom. The molecule has 0 aromatic heterocycles. The summed E-state index contributed by atoms with van der Waals surface area (Å²) in [7, 11) is -2.72. The maximum absolute atomic E-state index is 11.1. The van der Waals surface area contributed by atoms with Gasteiger partial charge in [0.1, 0.15) is 0 Å². The van der Waals surface area contributed by atoms with E-state index in [0.29, 0.717) is 5.75 Å². The van der Waals surface area contributed by atoms with E-state index in [0.717, 1.165) is 12.8 Å². The normalized spacial score (nSPS) is 30.4. The van der Waals surface area contributed by atoms with Crippen molar-refractivity contribution in [2.45, 2.75) is 31.4 Å². The standard InChI is InChI=1S/C6H12O2S/c1-6(2)4-3-5-9(6,7)8/h3-5H2,1-2H3. The molecule has 1 aliphatic rings. The first-order valence-electron chi connectivity index (χ1n) is 3.18. The molecule has 0 saturated carbocycles. The predicted octanol–water partition coefficient (Wildman–Crippen LogP) is 0.974. The summed E-state index contributed by atoms with van der Waals surface area (Å²) in [6, 6.07) is 0. The molecule has 3 heteroatoms. The van der Waals surface area contributed by atoms with E-state index in [2.05, 4.69) is 0 Å². The topological polar surface area (TPSA) is 34.1 Å². The monoisotopic (exact) mass is 148 g/mol. The summed E-state index contributed by atoms with van der Waals surface area (Å²) in [6.45, 7) is 3.60. The Hall–Kier alpha value is -0.0500. The highest BCUT2D eigenvalue weighted by molar-refractivity contribution is 7.93. The number of hydrogen-bond donors (Lipinski definition) is 0. The molecule has 1 heterocycles. The Balaban J connectivity index is 3.03. The second kappa shape index (κ2) is 1.72. The molecular weight excluding hydrogens is 136 g/mol. The molecule has 9 heavy (non-hydrogen) atoms. The van der Waals surface area contributed by atoms with Crippen molar-refractivity contribution in [3.05, 3.63) is 0 Å². The molecule has 1 aliphatic heterocycles. The Bertz CT molecular complexity index is 201. The van der Waals surface area contributed by atoms with Crippen molar-refractivity contribution in [3.8, 4) is 0 Å². The Morgan fingerprint density at radius 2 is 1.89 bits per heavy atom. The van der Waals surface area contributed by atoms with Gasteiger partial charge >= 0.3 is 0 Å². The lowest BCUT2D eigenvalue weighted by Gasteiger charge is -2.14. The average molecular weight is 148 g/mol. The third-order valence-electron chi connectivity index (χ3n) is 2.03. The smallest absolute Gasteiger partial charge is 0.155 e. The van der Waals surface area contributed by atoms with Crippen molar-refractivity contribution in [3.63, 3.8) is 0 Å². The lowest BCUT2D eigenvalue weighted by Crippen LogP contribution is -2.26. The highest BCUT2D eigenvalue weighted by Gasteiger charge is 2.38. The number of hydrogen-bond acceptors (Lipinski definition) is 2. The molecule has 0 unspecified atom stereocenters. The third-order valence-corrected chi connectivity index (χ3v) is 4.75. The SMILES string of the molecule is CC1(C)CCCS1(=O)=O. The van der Waals surface area contributed by atoms with E-state index in [1.165, 1.54) is 0 Å². The second-order valence-corrected chi connectivity index (χ2v) is 5.93. The molecule has 0 aromatic carbocycles. The predicted molar refractivity (Wildman–Crippen MR) is 37.1 cm³/mol. The molecule has 1 rings (SSSR count). The zero-order chi connectivity index (χ0) is 7.12. The maximum Gasteiger partial charge on any atom is 0.155 e. The summed E-state index contributed by atoms with van der Waals surface area (Å²) >= 11 is 0. The lowest BCUT2D eigenvalue weighted by molar-refractivity contribution is 0.558. The van der Waals surface area contributed by atoms with Gasteiger partial charge in [-0.25, -0.2) is 8.42 Å². The van der Waals surface area contributed by atoms with Crippen molar-refractivity contribution in [2.75, 3.05) is 5.75 Å². The van der Waals surface area contributed by atoms with Crippen LogP contribution in [0.4, 0.5) is 0 Å². The van der Waals surface area contributed by atoms with E-state index in [9.17, 15) is 8.42 Å². The lowest BCUT2D eigenvalue weighted by atomic mass is 10.1. The minimum atomic E-state index is -2.72. The fraction of sp³-hybridized carbons (Fsp3) is 1.00. The molecule has 0 N–H and O–H groups in total. The van der Waals surface area contributed by atoms with E-state index >= 15 is 0 Å². The van der Waals surface area contributed by atoms with E-state index in [4.69, 9.17) is 0 Å². The minimum absolute atomic E-state index is 0.389. The summed E-state index contributed by atoms with van der Waals surface area (Å²) in [6.07, 6.45) is 1.67. The molecule has 1 fully saturated rings. The third kappa shape index (κ3) is 0.980. The van der Waals surface area contributed by atoms with Crippen molar-refractivity contribution in [1.29, 1.82) is 0 Å². The largest absolute Gasteiger partial charge is 0.228 e. The summed E-state index contributed by atoms with van der Waals surface area (Å²) in [4.78, 5) is 0. The van der Waals surface area contributed by atoms with Crippen LogP contribution in [0.25, 0.3) is 0 Å². The Labute approximate surface area is 56.2 Å². The molecule has 54 valence electrons. The van der Waals surface area contributed by atoms with Gasteiger partial charge in [-0.15, -0.1) is 0 Å². The summed E-state index contributed by atoms with van der Waals surface area (Å²) < 4.78 is 21.7. The van der Waals surface area contributed by atoms with E-state index in [1.54, 1.807) is 13.8 Å². The average Bonchev–Trinajstić information content (AvgIpc) is 1.81. The van der Waals surface area contributed by atoms with Crippen molar-refractivity contribution in [2.24, 2.45) is 0 Å². The van der Waals surface area contributed by atoms with Gasteiger partial charge in [0, 0.05) is 0 Å². The van der Waals surface area contributed by atoms with Gasteiger partial charge in [-0.05, 0) is 26.7 Å². The highest BCUT2D eigenvalue weighted by atomic mass is 32.2. The molecule has 0 spiro atoms.